The Labute approximate surface area is 133 Å². The normalized spacial score (nSPS) is 10.8. The van der Waals surface area contributed by atoms with Crippen molar-refractivity contribution in [2.45, 2.75) is 5.03 Å². The summed E-state index contributed by atoms with van der Waals surface area (Å²) in [6.45, 7) is 0. The Hall–Kier alpha value is -2.88. The summed E-state index contributed by atoms with van der Waals surface area (Å²) in [5.74, 6) is -1.21. The molecule has 0 aliphatic rings. The molecule has 3 aromatic rings. The summed E-state index contributed by atoms with van der Waals surface area (Å²) in [5, 5.41) is 12.2. The van der Waals surface area contributed by atoms with E-state index in [1.807, 2.05) is 0 Å². The average Bonchev–Trinajstić information content (AvgIpc) is 2.96. The van der Waals surface area contributed by atoms with E-state index in [1.54, 1.807) is 0 Å². The minimum atomic E-state index is -0.636. The number of nitrogens with two attached hydrogens (primary N) is 1. The van der Waals surface area contributed by atoms with Gasteiger partial charge >= 0.3 is 0 Å². The van der Waals surface area contributed by atoms with Crippen LogP contribution >= 0.6 is 11.8 Å². The fourth-order valence-electron chi connectivity index (χ4n) is 1.86. The number of nitrogens with one attached hydrogen (secondary N) is 2. The lowest BCUT2D eigenvalue weighted by Gasteiger charge is -2.07. The van der Waals surface area contributed by atoms with Gasteiger partial charge in [0.05, 0.1) is 17.8 Å². The van der Waals surface area contributed by atoms with Gasteiger partial charge in [0, 0.05) is 6.07 Å². The number of nitrogens with zero attached hydrogens (tertiary/aromatic N) is 3. The molecule has 0 unspecified atom stereocenters. The summed E-state index contributed by atoms with van der Waals surface area (Å²) in [6, 6.07) is 3.39. The summed E-state index contributed by atoms with van der Waals surface area (Å²) < 4.78 is 13.5. The standard InChI is InChI=1S/C13H11FN6O2S/c14-7-2-1-6(21)3-8(7)18-9(22)4-23-12-10-11(17-5-16-10)19-13(15)20-12/h1-3,5,21H,4H2,(H,18,22)(H3,15,16,17,19,20). The van der Waals surface area contributed by atoms with Crippen molar-refractivity contribution >= 4 is 40.5 Å². The molecule has 5 N–H and O–H groups in total. The lowest BCUT2D eigenvalue weighted by Crippen LogP contribution is -2.15. The molecule has 8 nitrogen and oxygen atoms in total. The number of carbonyl (C=O) groups excluding carboxylic acids is 1. The highest BCUT2D eigenvalue weighted by Crippen LogP contribution is 2.24. The smallest absolute Gasteiger partial charge is 0.234 e. The van der Waals surface area contributed by atoms with E-state index in [1.165, 1.54) is 12.4 Å². The van der Waals surface area contributed by atoms with Crippen LogP contribution in [0.4, 0.5) is 16.0 Å². The molecule has 118 valence electrons. The van der Waals surface area contributed by atoms with Crippen LogP contribution in [0, 0.1) is 5.82 Å². The first-order chi connectivity index (χ1) is 11.0. The molecular formula is C13H11FN6O2S. The molecule has 0 saturated heterocycles. The van der Waals surface area contributed by atoms with Crippen molar-refractivity contribution in [3.63, 3.8) is 0 Å². The van der Waals surface area contributed by atoms with Crippen LogP contribution in [0.1, 0.15) is 0 Å². The zero-order valence-corrected chi connectivity index (χ0v) is 12.4. The number of fused-ring (bicyclic) bond motifs is 1. The fraction of sp³-hybridized carbons (Fsp3) is 0.0769. The number of imidazole rings is 1. The van der Waals surface area contributed by atoms with Gasteiger partial charge in [0.1, 0.15) is 22.1 Å². The highest BCUT2D eigenvalue weighted by Gasteiger charge is 2.13. The minimum absolute atomic E-state index is 0.0281. The lowest BCUT2D eigenvalue weighted by atomic mass is 10.3. The van der Waals surface area contributed by atoms with E-state index in [9.17, 15) is 14.3 Å². The molecule has 0 aliphatic heterocycles. The van der Waals surface area contributed by atoms with Gasteiger partial charge in [0.2, 0.25) is 11.9 Å². The van der Waals surface area contributed by atoms with Crippen molar-refractivity contribution in [2.75, 3.05) is 16.8 Å². The lowest BCUT2D eigenvalue weighted by molar-refractivity contribution is -0.113. The maximum atomic E-state index is 13.5. The quantitative estimate of drug-likeness (QED) is 0.420. The first-order valence-corrected chi connectivity index (χ1v) is 7.39. The largest absolute Gasteiger partial charge is 0.508 e. The number of rotatable bonds is 4. The second-order valence-corrected chi connectivity index (χ2v) is 5.45. The molecule has 0 bridgehead atoms. The number of aromatic amines is 1. The zero-order valence-electron chi connectivity index (χ0n) is 11.6. The van der Waals surface area contributed by atoms with Crippen LogP contribution < -0.4 is 11.1 Å². The number of carbonyl (C=O) groups is 1. The molecule has 10 heteroatoms. The van der Waals surface area contributed by atoms with E-state index < -0.39 is 11.7 Å². The summed E-state index contributed by atoms with van der Waals surface area (Å²) >= 11 is 1.11. The summed E-state index contributed by atoms with van der Waals surface area (Å²) in [4.78, 5) is 26.8. The fourth-order valence-corrected chi connectivity index (χ4v) is 2.65. The summed E-state index contributed by atoms with van der Waals surface area (Å²) in [7, 11) is 0. The number of amides is 1. The highest BCUT2D eigenvalue weighted by atomic mass is 32.2. The molecule has 0 radical (unpaired) electrons. The number of phenolic OH excluding ortho intramolecular Hbond substituents is 1. The SMILES string of the molecule is Nc1nc(SCC(=O)Nc2cc(O)ccc2F)c2[nH]cnc2n1. The Balaban J connectivity index is 1.71. The van der Waals surface area contributed by atoms with E-state index in [0.717, 1.165) is 23.9 Å². The maximum absolute atomic E-state index is 13.5. The predicted molar refractivity (Wildman–Crippen MR) is 83.5 cm³/mol. The molecule has 3 rings (SSSR count). The second kappa shape index (κ2) is 6.08. The van der Waals surface area contributed by atoms with Crippen molar-refractivity contribution in [3.8, 4) is 5.75 Å². The van der Waals surface area contributed by atoms with Gasteiger partial charge in [-0.05, 0) is 12.1 Å². The number of hydrogen-bond donors (Lipinski definition) is 4. The van der Waals surface area contributed by atoms with Crippen molar-refractivity contribution in [2.24, 2.45) is 0 Å². The van der Waals surface area contributed by atoms with Crippen LogP contribution in [0.3, 0.4) is 0 Å². The molecule has 23 heavy (non-hydrogen) atoms. The van der Waals surface area contributed by atoms with Crippen LogP contribution in [-0.2, 0) is 4.79 Å². The second-order valence-electron chi connectivity index (χ2n) is 4.49. The molecule has 0 saturated carbocycles. The number of aromatic nitrogens is 4. The van der Waals surface area contributed by atoms with Crippen LogP contribution in [0.25, 0.3) is 11.2 Å². The number of halogens is 1. The topological polar surface area (TPSA) is 130 Å². The molecular weight excluding hydrogens is 323 g/mol. The van der Waals surface area contributed by atoms with Crippen LogP contribution in [-0.4, -0.2) is 36.7 Å². The Bertz CT molecular complexity index is 884. The Morgan fingerprint density at radius 1 is 1.43 bits per heavy atom. The third-order valence-corrected chi connectivity index (χ3v) is 3.81. The summed E-state index contributed by atoms with van der Waals surface area (Å²) in [5.41, 5.74) is 6.46. The van der Waals surface area contributed by atoms with Crippen LogP contribution in [0.15, 0.2) is 29.6 Å². The van der Waals surface area contributed by atoms with Gasteiger partial charge in [0.25, 0.3) is 0 Å². The van der Waals surface area contributed by atoms with E-state index in [4.69, 9.17) is 5.73 Å². The number of nitrogen functional groups attached to an aromatic ring is 1. The number of H-pyrrole nitrogens is 1. The van der Waals surface area contributed by atoms with Gasteiger partial charge in [-0.1, -0.05) is 11.8 Å². The molecule has 1 amide bonds. The van der Waals surface area contributed by atoms with Gasteiger partial charge in [-0.2, -0.15) is 4.98 Å². The number of benzene rings is 1. The van der Waals surface area contributed by atoms with Gasteiger partial charge in [0.15, 0.2) is 5.65 Å². The van der Waals surface area contributed by atoms with E-state index in [0.29, 0.717) is 16.2 Å². The monoisotopic (exact) mass is 334 g/mol. The maximum Gasteiger partial charge on any atom is 0.234 e. The highest BCUT2D eigenvalue weighted by molar-refractivity contribution is 8.00. The predicted octanol–water partition coefficient (Wildman–Crippen LogP) is 1.51. The Morgan fingerprint density at radius 2 is 2.26 bits per heavy atom. The summed E-state index contributed by atoms with van der Waals surface area (Å²) in [6.07, 6.45) is 1.45. The van der Waals surface area contributed by atoms with Crippen molar-refractivity contribution in [1.82, 2.24) is 19.9 Å². The van der Waals surface area contributed by atoms with E-state index in [-0.39, 0.29) is 23.1 Å². The van der Waals surface area contributed by atoms with Gasteiger partial charge < -0.3 is 21.1 Å². The van der Waals surface area contributed by atoms with Gasteiger partial charge in [-0.15, -0.1) is 0 Å². The molecule has 0 fully saturated rings. The van der Waals surface area contributed by atoms with E-state index in [2.05, 4.69) is 25.3 Å². The van der Waals surface area contributed by atoms with Crippen LogP contribution in [0.2, 0.25) is 0 Å². The average molecular weight is 334 g/mol. The molecule has 2 aromatic heterocycles. The van der Waals surface area contributed by atoms with Crippen LogP contribution in [0.5, 0.6) is 5.75 Å². The molecule has 0 spiro atoms. The molecule has 0 aliphatic carbocycles. The number of anilines is 2. The number of phenols is 1. The number of hydrogen-bond acceptors (Lipinski definition) is 7. The number of thioether (sulfide) groups is 1. The van der Waals surface area contributed by atoms with E-state index >= 15 is 0 Å². The minimum Gasteiger partial charge on any atom is -0.508 e. The number of aromatic hydroxyl groups is 1. The third-order valence-electron chi connectivity index (χ3n) is 2.83. The van der Waals surface area contributed by atoms with Gasteiger partial charge in [-0.25, -0.2) is 14.4 Å². The first kappa shape index (κ1) is 15.0. The molecule has 1 aromatic carbocycles. The van der Waals surface area contributed by atoms with Gasteiger partial charge in [-0.3, -0.25) is 4.79 Å². The first-order valence-electron chi connectivity index (χ1n) is 6.40. The molecule has 0 atom stereocenters. The molecule has 2 heterocycles. The third kappa shape index (κ3) is 3.31. The van der Waals surface area contributed by atoms with Crippen molar-refractivity contribution in [3.05, 3.63) is 30.3 Å². The van der Waals surface area contributed by atoms with Crippen molar-refractivity contribution < 1.29 is 14.3 Å². The Morgan fingerprint density at radius 3 is 3.09 bits per heavy atom. The Kier molecular flexibility index (Phi) is 3.98. The zero-order chi connectivity index (χ0) is 16.4. The van der Waals surface area contributed by atoms with Crippen molar-refractivity contribution in [1.29, 1.82) is 0 Å².